The van der Waals surface area contributed by atoms with Gasteiger partial charge in [-0.2, -0.15) is 0 Å². The van der Waals surface area contributed by atoms with Gasteiger partial charge < -0.3 is 60.6 Å². The Kier molecular flexibility index (Phi) is 33.4. The average molecular weight is 1340 g/mol. The molecule has 0 radical (unpaired) electrons. The van der Waals surface area contributed by atoms with E-state index in [1.807, 2.05) is 58.0 Å². The first kappa shape index (κ1) is 80.4. The summed E-state index contributed by atoms with van der Waals surface area (Å²) in [6, 6.07) is 11.1. The summed E-state index contributed by atoms with van der Waals surface area (Å²) in [4.78, 5) is 166. The molecular formula is C71H107N9O16. The summed E-state index contributed by atoms with van der Waals surface area (Å²) in [5, 5.41) is 11.0. The number of ether oxygens (including phenoxy) is 4. The number of anilines is 1. The maximum absolute atomic E-state index is 14.9. The third kappa shape index (κ3) is 23.9. The fourth-order valence-electron chi connectivity index (χ4n) is 12.8. The van der Waals surface area contributed by atoms with Gasteiger partial charge in [0.1, 0.15) is 12.6 Å². The van der Waals surface area contributed by atoms with E-state index in [1.165, 1.54) is 45.4 Å². The molecule has 96 heavy (non-hydrogen) atoms. The summed E-state index contributed by atoms with van der Waals surface area (Å²) < 4.78 is 22.9. The second kappa shape index (κ2) is 39.8. The summed E-state index contributed by atoms with van der Waals surface area (Å²) in [6.45, 7) is 17.2. The number of benzene rings is 2. The van der Waals surface area contributed by atoms with Crippen LogP contribution in [0, 0.1) is 41.4 Å². The monoisotopic (exact) mass is 1340 g/mol. The Bertz CT molecular complexity index is 2960. The highest BCUT2D eigenvalue weighted by molar-refractivity contribution is 6.12. The smallest absolute Gasteiger partial charge is 0.410 e. The van der Waals surface area contributed by atoms with Gasteiger partial charge in [0.25, 0.3) is 11.8 Å². The van der Waals surface area contributed by atoms with E-state index in [1.54, 1.807) is 75.7 Å². The van der Waals surface area contributed by atoms with Gasteiger partial charge in [-0.15, -0.1) is 0 Å². The quantitative estimate of drug-likeness (QED) is 0.0256. The molecule has 2 heterocycles. The van der Waals surface area contributed by atoms with Gasteiger partial charge >= 0.3 is 18.1 Å². The maximum atomic E-state index is 14.9. The highest BCUT2D eigenvalue weighted by atomic mass is 16.6. The van der Waals surface area contributed by atoms with E-state index < -0.39 is 96.0 Å². The molecule has 0 aromatic heterocycles. The first-order valence-corrected chi connectivity index (χ1v) is 33.7. The molecule has 2 aromatic carbocycles. The van der Waals surface area contributed by atoms with Crippen LogP contribution in [0.1, 0.15) is 150 Å². The third-order valence-corrected chi connectivity index (χ3v) is 18.5. The van der Waals surface area contributed by atoms with Crippen molar-refractivity contribution in [2.45, 2.75) is 195 Å². The minimum absolute atomic E-state index is 0.0963. The number of Topliss-reactive ketones (excluding diaryl/α,β-unsaturated/α-hetero) is 2. The third-order valence-electron chi connectivity index (χ3n) is 18.5. The van der Waals surface area contributed by atoms with Crippen LogP contribution in [0.3, 0.4) is 0 Å². The van der Waals surface area contributed by atoms with E-state index in [2.05, 4.69) is 21.3 Å². The molecular weight excluding hydrogens is 1230 g/mol. The van der Waals surface area contributed by atoms with Crippen molar-refractivity contribution in [3.8, 4) is 0 Å². The molecule has 25 heteroatoms. The van der Waals surface area contributed by atoms with Crippen LogP contribution in [0.15, 0.2) is 66.7 Å². The number of nitrogens with one attached hydrogen (secondary N) is 4. The standard InChI is InChI=1S/C71H107N9O16/c1-15-46(8)64(57(93-12)41-61(86)79-37-23-27-54(79)65(94-13)47(9)66(87)75-53(69(90)95-14)38-48-24-18-16-19-25-48)77(10)68(89)52(43(2)3)40-56(82)63(45(6)7)78(11)71(92)96-42-49-29-31-51(32-30-49)74-67(88)50(26-22-35-73-70(72)91)39-55(81)62(44(4)5)76-58(83)28-20-17-21-36-80-59(84)33-34-60(80)85/h16,18-19,24-25,29-34,43-47,50,52-54,57,62-65H,15,17,20-23,26-28,35-42H2,1-14H3,(H,74,88)(H,75,87)(H,76,83)(H3,72,73,91)/t46-,47+,50+,52-,53-,54-,57+,62-,63-,64-,65+/m0/s1. The Morgan fingerprint density at radius 2 is 1.36 bits per heavy atom. The van der Waals surface area contributed by atoms with Crippen molar-refractivity contribution >= 4 is 76.7 Å². The summed E-state index contributed by atoms with van der Waals surface area (Å²) in [5.74, 6) is -7.50. The van der Waals surface area contributed by atoms with Crippen molar-refractivity contribution in [3.05, 3.63) is 77.9 Å². The SMILES string of the molecule is CC[C@H](C)[C@@H]([C@@H](CC(=O)N1CCC[C@H]1[C@H](OC)[C@@H](C)C(=O)N[C@@H](Cc1ccccc1)C(=O)OC)OC)N(C)C(=O)[C@@H](CC(=O)[C@H](C(C)C)N(C)C(=O)OCc1ccc(NC(=O)[C@H](CCCNC(N)=O)CC(=O)[C@@H](NC(=O)CCCCCN2C(=O)C=CC2=O)C(C)C)cc1)C(C)C. The van der Waals surface area contributed by atoms with Crippen molar-refractivity contribution in [2.75, 3.05) is 60.4 Å². The fourth-order valence-corrected chi connectivity index (χ4v) is 12.8. The Morgan fingerprint density at radius 3 is 1.94 bits per heavy atom. The number of carbonyl (C=O) groups is 12. The van der Waals surface area contributed by atoms with E-state index in [4.69, 9.17) is 24.7 Å². The second-order valence-corrected chi connectivity index (χ2v) is 26.5. The molecule has 0 bridgehead atoms. The number of primary amides is 1. The molecule has 2 aromatic rings. The van der Waals surface area contributed by atoms with Crippen molar-refractivity contribution in [2.24, 2.45) is 47.2 Å². The predicted molar refractivity (Wildman–Crippen MR) is 361 cm³/mol. The summed E-state index contributed by atoms with van der Waals surface area (Å²) in [6.07, 6.45) is 3.88. The zero-order chi connectivity index (χ0) is 71.5. The van der Waals surface area contributed by atoms with Crippen LogP contribution < -0.4 is 27.0 Å². The van der Waals surface area contributed by atoms with Crippen molar-refractivity contribution < 1.29 is 76.5 Å². The van der Waals surface area contributed by atoms with E-state index in [9.17, 15) is 57.5 Å². The molecule has 4 rings (SSSR count). The fraction of sp³-hybridized carbons (Fsp3) is 0.634. The van der Waals surface area contributed by atoms with Crippen molar-refractivity contribution in [1.82, 2.24) is 35.6 Å². The Hall–Kier alpha value is -8.06. The van der Waals surface area contributed by atoms with E-state index in [0.717, 1.165) is 10.5 Å². The molecule has 0 spiro atoms. The van der Waals surface area contributed by atoms with Gasteiger partial charge in [-0.25, -0.2) is 14.4 Å². The number of nitrogens with two attached hydrogens (primary N) is 1. The molecule has 0 saturated carbocycles. The minimum atomic E-state index is -0.980. The molecule has 2 aliphatic rings. The van der Waals surface area contributed by atoms with Gasteiger partial charge in [-0.1, -0.05) is 118 Å². The predicted octanol–water partition coefficient (Wildman–Crippen LogP) is 6.92. The number of imide groups is 1. The molecule has 1 fully saturated rings. The maximum Gasteiger partial charge on any atom is 0.410 e. The van der Waals surface area contributed by atoms with E-state index >= 15 is 0 Å². The van der Waals surface area contributed by atoms with Crippen LogP contribution in [0.2, 0.25) is 0 Å². The van der Waals surface area contributed by atoms with E-state index in [0.29, 0.717) is 62.7 Å². The van der Waals surface area contributed by atoms with Crippen molar-refractivity contribution in [1.29, 1.82) is 0 Å². The molecule has 10 amide bonds. The van der Waals surface area contributed by atoms with Gasteiger partial charge in [-0.3, -0.25) is 48.1 Å². The molecule has 0 unspecified atom stereocenters. The number of unbranched alkanes of at least 4 members (excludes halogenated alkanes) is 2. The normalized spacial score (nSPS) is 16.9. The number of amides is 10. The molecule has 25 nitrogen and oxygen atoms in total. The first-order chi connectivity index (χ1) is 45.5. The number of rotatable bonds is 41. The number of hydrogen-bond donors (Lipinski definition) is 5. The molecule has 0 aliphatic carbocycles. The Labute approximate surface area is 566 Å². The Balaban J connectivity index is 1.38. The zero-order valence-corrected chi connectivity index (χ0v) is 58.9. The van der Waals surface area contributed by atoms with Gasteiger partial charge in [0.15, 0.2) is 11.6 Å². The average Bonchev–Trinajstić information content (AvgIpc) is 1.55. The highest BCUT2D eigenvalue weighted by Crippen LogP contribution is 2.32. The number of carbonyl (C=O) groups excluding carboxylic acids is 12. The highest BCUT2D eigenvalue weighted by Gasteiger charge is 2.44. The van der Waals surface area contributed by atoms with Crippen LogP contribution in [-0.2, 0) is 79.9 Å². The molecule has 6 N–H and O–H groups in total. The number of ketones is 2. The molecule has 11 atom stereocenters. The summed E-state index contributed by atoms with van der Waals surface area (Å²) >= 11 is 0. The number of esters is 1. The van der Waals surface area contributed by atoms with Gasteiger partial charge in [0.05, 0.1) is 55.8 Å². The largest absolute Gasteiger partial charge is 0.467 e. The topological polar surface area (TPSA) is 329 Å². The Morgan fingerprint density at radius 1 is 0.708 bits per heavy atom. The van der Waals surface area contributed by atoms with E-state index in [-0.39, 0.29) is 117 Å². The number of hydrogen-bond acceptors (Lipinski definition) is 16. The summed E-state index contributed by atoms with van der Waals surface area (Å²) in [5.41, 5.74) is 7.03. The number of likely N-dealkylation sites (N-methyl/N-ethyl adjacent to an activating group) is 2. The molecule has 1 saturated heterocycles. The second-order valence-electron chi connectivity index (χ2n) is 26.5. The lowest BCUT2D eigenvalue weighted by Crippen LogP contribution is -2.55. The minimum Gasteiger partial charge on any atom is -0.467 e. The molecule has 532 valence electrons. The van der Waals surface area contributed by atoms with Gasteiger partial charge in [-0.05, 0) is 85.5 Å². The lowest BCUT2D eigenvalue weighted by Gasteiger charge is -2.41. The first-order valence-electron chi connectivity index (χ1n) is 33.7. The zero-order valence-electron chi connectivity index (χ0n) is 58.9. The lowest BCUT2D eigenvalue weighted by atomic mass is 9.83. The van der Waals surface area contributed by atoms with Crippen LogP contribution in [-0.4, -0.2) is 188 Å². The molecule has 2 aliphatic heterocycles. The summed E-state index contributed by atoms with van der Waals surface area (Å²) in [7, 11) is 7.40. The lowest BCUT2D eigenvalue weighted by molar-refractivity contribution is -0.150. The van der Waals surface area contributed by atoms with Crippen LogP contribution in [0.5, 0.6) is 0 Å². The number of urea groups is 1. The number of likely N-dealkylation sites (tertiary alicyclic amines) is 1. The van der Waals surface area contributed by atoms with Gasteiger partial charge in [0.2, 0.25) is 29.5 Å². The van der Waals surface area contributed by atoms with Crippen molar-refractivity contribution in [3.63, 3.8) is 0 Å². The van der Waals surface area contributed by atoms with Crippen LogP contribution >= 0.6 is 0 Å². The van der Waals surface area contributed by atoms with Gasteiger partial charge in [0, 0.05) is 103 Å². The van der Waals surface area contributed by atoms with Crippen LogP contribution in [0.4, 0.5) is 15.3 Å². The number of nitrogens with zero attached hydrogens (tertiary/aromatic N) is 4. The number of methoxy groups -OCH3 is 3. The van der Waals surface area contributed by atoms with Crippen LogP contribution in [0.25, 0.3) is 0 Å².